The normalized spacial score (nSPS) is 11.4. The first-order valence-electron chi connectivity index (χ1n) is 11.1. The third-order valence-corrected chi connectivity index (χ3v) is 5.77. The Hall–Kier alpha value is -3.90. The molecule has 4 aromatic rings. The molecule has 4 rings (SSSR count). The van der Waals surface area contributed by atoms with Crippen molar-refractivity contribution in [3.8, 4) is 28.4 Å². The van der Waals surface area contributed by atoms with Crippen molar-refractivity contribution in [3.05, 3.63) is 77.5 Å². The van der Waals surface area contributed by atoms with Crippen LogP contribution in [0.1, 0.15) is 19.4 Å². The van der Waals surface area contributed by atoms with E-state index in [1.807, 2.05) is 44.2 Å². The van der Waals surface area contributed by atoms with Crippen LogP contribution >= 0.6 is 11.6 Å². The standard InChI is InChI=1S/C28H26ClNO5/c1-5-34-26-15-27-23(24(16-35-27)22-13-20(32-3)9-10-25(22)33-4)14-21(26)17(2)11-28(31)30-19-8-6-7-18(29)12-19/h6-16H,5H2,1-4H3,(H,30,31)/b17-11+. The first-order valence-corrected chi connectivity index (χ1v) is 11.5. The molecule has 0 aliphatic heterocycles. The van der Waals surface area contributed by atoms with E-state index in [2.05, 4.69) is 5.32 Å². The molecule has 3 aromatic carbocycles. The Morgan fingerprint density at radius 2 is 1.86 bits per heavy atom. The minimum atomic E-state index is -0.269. The van der Waals surface area contributed by atoms with E-state index in [0.29, 0.717) is 40.1 Å². The van der Waals surface area contributed by atoms with Crippen LogP contribution < -0.4 is 19.5 Å². The number of amides is 1. The Kier molecular flexibility index (Phi) is 7.32. The average Bonchev–Trinajstić information content (AvgIpc) is 3.25. The predicted octanol–water partition coefficient (Wildman–Crippen LogP) is 7.21. The number of methoxy groups -OCH3 is 2. The molecule has 180 valence electrons. The summed E-state index contributed by atoms with van der Waals surface area (Å²) in [6.45, 7) is 4.25. The van der Waals surface area contributed by atoms with E-state index in [-0.39, 0.29) is 5.91 Å². The Labute approximate surface area is 209 Å². The summed E-state index contributed by atoms with van der Waals surface area (Å²) in [7, 11) is 3.24. The largest absolute Gasteiger partial charge is 0.497 e. The van der Waals surface area contributed by atoms with Gasteiger partial charge in [-0.05, 0) is 61.9 Å². The molecule has 0 aliphatic rings. The number of rotatable bonds is 8. The van der Waals surface area contributed by atoms with E-state index >= 15 is 0 Å². The van der Waals surface area contributed by atoms with Crippen LogP contribution in [0.5, 0.6) is 17.2 Å². The lowest BCUT2D eigenvalue weighted by Gasteiger charge is -2.13. The molecule has 0 fully saturated rings. The van der Waals surface area contributed by atoms with Crippen molar-refractivity contribution >= 4 is 39.7 Å². The van der Waals surface area contributed by atoms with E-state index in [4.69, 9.17) is 30.2 Å². The fourth-order valence-electron chi connectivity index (χ4n) is 3.89. The summed E-state index contributed by atoms with van der Waals surface area (Å²) in [5.74, 6) is 1.75. The minimum Gasteiger partial charge on any atom is -0.497 e. The smallest absolute Gasteiger partial charge is 0.248 e. The van der Waals surface area contributed by atoms with Crippen molar-refractivity contribution in [2.45, 2.75) is 13.8 Å². The first-order chi connectivity index (χ1) is 16.9. The van der Waals surface area contributed by atoms with Gasteiger partial charge in [-0.15, -0.1) is 0 Å². The van der Waals surface area contributed by atoms with Crippen molar-refractivity contribution in [2.75, 3.05) is 26.1 Å². The van der Waals surface area contributed by atoms with Crippen LogP contribution in [0.2, 0.25) is 5.02 Å². The van der Waals surface area contributed by atoms with Crippen LogP contribution in [0.4, 0.5) is 5.69 Å². The van der Waals surface area contributed by atoms with Gasteiger partial charge in [-0.2, -0.15) is 0 Å². The molecule has 6 nitrogen and oxygen atoms in total. The highest BCUT2D eigenvalue weighted by atomic mass is 35.5. The van der Waals surface area contributed by atoms with Gasteiger partial charge in [0.15, 0.2) is 0 Å². The van der Waals surface area contributed by atoms with E-state index in [0.717, 1.165) is 27.6 Å². The number of nitrogens with one attached hydrogen (secondary N) is 1. The highest BCUT2D eigenvalue weighted by Gasteiger charge is 2.18. The molecule has 0 radical (unpaired) electrons. The molecule has 1 amide bonds. The number of furan rings is 1. The molecular formula is C28H26ClNO5. The molecule has 7 heteroatoms. The maximum atomic E-state index is 12.7. The van der Waals surface area contributed by atoms with E-state index in [1.165, 1.54) is 6.08 Å². The summed E-state index contributed by atoms with van der Waals surface area (Å²) < 4.78 is 22.8. The summed E-state index contributed by atoms with van der Waals surface area (Å²) in [5.41, 5.74) is 4.48. The van der Waals surface area contributed by atoms with Gasteiger partial charge in [-0.3, -0.25) is 4.79 Å². The maximum absolute atomic E-state index is 12.7. The number of fused-ring (bicyclic) bond motifs is 1. The number of halogens is 1. The lowest BCUT2D eigenvalue weighted by molar-refractivity contribution is -0.111. The number of carbonyl (C=O) groups is 1. The van der Waals surface area contributed by atoms with Crippen LogP contribution in [0.3, 0.4) is 0 Å². The van der Waals surface area contributed by atoms with Crippen molar-refractivity contribution in [2.24, 2.45) is 0 Å². The lowest BCUT2D eigenvalue weighted by Crippen LogP contribution is -2.08. The Morgan fingerprint density at radius 1 is 1.03 bits per heavy atom. The average molecular weight is 492 g/mol. The zero-order valence-corrected chi connectivity index (χ0v) is 20.7. The Bertz CT molecular complexity index is 1410. The molecule has 0 saturated heterocycles. The molecule has 1 heterocycles. The van der Waals surface area contributed by atoms with Gasteiger partial charge in [0, 0.05) is 44.9 Å². The molecule has 0 spiro atoms. The molecule has 0 saturated carbocycles. The number of anilines is 1. The van der Waals surface area contributed by atoms with Gasteiger partial charge in [0.2, 0.25) is 5.91 Å². The van der Waals surface area contributed by atoms with Crippen LogP contribution in [0.15, 0.2) is 71.4 Å². The Morgan fingerprint density at radius 3 is 2.57 bits per heavy atom. The van der Waals surface area contributed by atoms with Crippen molar-refractivity contribution in [1.82, 2.24) is 0 Å². The molecule has 0 unspecified atom stereocenters. The monoisotopic (exact) mass is 491 g/mol. The second-order valence-electron chi connectivity index (χ2n) is 7.82. The van der Waals surface area contributed by atoms with Gasteiger partial charge in [-0.1, -0.05) is 17.7 Å². The van der Waals surface area contributed by atoms with Gasteiger partial charge in [0.1, 0.15) is 22.8 Å². The lowest BCUT2D eigenvalue weighted by atomic mass is 9.98. The third kappa shape index (κ3) is 5.28. The number of hydrogen-bond acceptors (Lipinski definition) is 5. The number of hydrogen-bond donors (Lipinski definition) is 1. The fourth-order valence-corrected chi connectivity index (χ4v) is 4.08. The summed E-state index contributed by atoms with van der Waals surface area (Å²) in [5, 5.41) is 4.25. The second kappa shape index (κ2) is 10.6. The summed E-state index contributed by atoms with van der Waals surface area (Å²) >= 11 is 6.03. The summed E-state index contributed by atoms with van der Waals surface area (Å²) in [4.78, 5) is 12.7. The van der Waals surface area contributed by atoms with Gasteiger partial charge in [-0.25, -0.2) is 0 Å². The number of allylic oxidation sites excluding steroid dienone is 1. The maximum Gasteiger partial charge on any atom is 0.248 e. The molecule has 1 N–H and O–H groups in total. The summed E-state index contributed by atoms with van der Waals surface area (Å²) in [6.07, 6.45) is 3.23. The fraction of sp³-hybridized carbons (Fsp3) is 0.179. The quantitative estimate of drug-likeness (QED) is 0.264. The summed E-state index contributed by atoms with van der Waals surface area (Å²) in [6, 6.07) is 16.4. The van der Waals surface area contributed by atoms with Gasteiger partial charge in [0.05, 0.1) is 27.1 Å². The molecule has 1 aromatic heterocycles. The van der Waals surface area contributed by atoms with E-state index in [9.17, 15) is 4.79 Å². The minimum absolute atomic E-state index is 0.269. The van der Waals surface area contributed by atoms with Gasteiger partial charge < -0.3 is 23.9 Å². The van der Waals surface area contributed by atoms with E-state index < -0.39 is 0 Å². The molecule has 0 aliphatic carbocycles. The zero-order chi connectivity index (χ0) is 24.9. The zero-order valence-electron chi connectivity index (χ0n) is 20.0. The van der Waals surface area contributed by atoms with Gasteiger partial charge in [0.25, 0.3) is 0 Å². The van der Waals surface area contributed by atoms with Crippen LogP contribution in [-0.2, 0) is 4.79 Å². The highest BCUT2D eigenvalue weighted by Crippen LogP contribution is 2.41. The third-order valence-electron chi connectivity index (χ3n) is 5.54. The molecule has 0 bridgehead atoms. The molecule has 0 atom stereocenters. The SMILES string of the molecule is CCOc1cc2occ(-c3cc(OC)ccc3OC)c2cc1/C(C)=C/C(=O)Nc1cccc(Cl)c1. The van der Waals surface area contributed by atoms with Crippen molar-refractivity contribution in [1.29, 1.82) is 0 Å². The highest BCUT2D eigenvalue weighted by molar-refractivity contribution is 6.31. The number of ether oxygens (including phenoxy) is 3. The molecule has 35 heavy (non-hydrogen) atoms. The van der Waals surface area contributed by atoms with Crippen molar-refractivity contribution < 1.29 is 23.4 Å². The number of carbonyl (C=O) groups excluding carboxylic acids is 1. The van der Waals surface area contributed by atoms with Crippen LogP contribution in [0, 0.1) is 0 Å². The number of benzene rings is 3. The molecular weight excluding hydrogens is 466 g/mol. The first kappa shape index (κ1) is 24.2. The van der Waals surface area contributed by atoms with E-state index in [1.54, 1.807) is 44.7 Å². The van der Waals surface area contributed by atoms with Crippen molar-refractivity contribution in [3.63, 3.8) is 0 Å². The van der Waals surface area contributed by atoms with Crippen LogP contribution in [-0.4, -0.2) is 26.7 Å². The van der Waals surface area contributed by atoms with Gasteiger partial charge >= 0.3 is 0 Å². The second-order valence-corrected chi connectivity index (χ2v) is 8.26. The topological polar surface area (TPSA) is 69.9 Å². The predicted molar refractivity (Wildman–Crippen MR) is 140 cm³/mol. The van der Waals surface area contributed by atoms with Crippen LogP contribution in [0.25, 0.3) is 27.7 Å². The Balaban J connectivity index is 1.78.